The summed E-state index contributed by atoms with van der Waals surface area (Å²) in [4.78, 5) is 0. The van der Waals surface area contributed by atoms with Gasteiger partial charge in [-0.2, -0.15) is 9.93 Å². The third-order valence-corrected chi connectivity index (χ3v) is 4.93. The van der Waals surface area contributed by atoms with Crippen LogP contribution >= 0.6 is 7.75 Å². The highest BCUT2D eigenvalue weighted by molar-refractivity contribution is 7.52. The van der Waals surface area contributed by atoms with Gasteiger partial charge in [-0.3, -0.25) is 0 Å². The summed E-state index contributed by atoms with van der Waals surface area (Å²) >= 11 is 0. The Kier molecular flexibility index (Phi) is 3.66. The molecule has 6 heteroatoms. The van der Waals surface area contributed by atoms with Crippen LogP contribution in [0.2, 0.25) is 0 Å². The number of hydrogen-bond donors (Lipinski definition) is 0. The topological polar surface area (TPSA) is 62.3 Å². The summed E-state index contributed by atoms with van der Waals surface area (Å²) in [6, 6.07) is 19.2. The van der Waals surface area contributed by atoms with Gasteiger partial charge in [0, 0.05) is 6.54 Å². The third kappa shape index (κ3) is 3.08. The molecule has 1 heterocycles. The van der Waals surface area contributed by atoms with Crippen molar-refractivity contribution >= 4 is 7.75 Å². The second-order valence-corrected chi connectivity index (χ2v) is 6.36. The van der Waals surface area contributed by atoms with Gasteiger partial charge in [-0.15, -0.1) is 0 Å². The Bertz CT molecular complexity index is 654. The van der Waals surface area contributed by atoms with Gasteiger partial charge in [0.05, 0.1) is 6.07 Å². The van der Waals surface area contributed by atoms with Gasteiger partial charge in [-0.05, 0) is 24.3 Å². The molecule has 1 aliphatic heterocycles. The standard InChI is InChI=1S/C15H13N2O3P/c16-11-13-12-17(13)21(18,19-14-7-3-1-4-8-14)20-15-9-5-2-6-10-15/h1-10,13H,12H2. The molecule has 0 bridgehead atoms. The average Bonchev–Trinajstić information content (AvgIpc) is 3.29. The van der Waals surface area contributed by atoms with E-state index in [1.165, 1.54) is 4.67 Å². The highest BCUT2D eigenvalue weighted by atomic mass is 31.2. The molecule has 0 N–H and O–H groups in total. The van der Waals surface area contributed by atoms with Crippen LogP contribution in [0.5, 0.6) is 11.5 Å². The normalized spacial score (nSPS) is 20.3. The molecule has 5 nitrogen and oxygen atoms in total. The molecule has 0 saturated carbocycles. The number of nitriles is 1. The maximum absolute atomic E-state index is 13.0. The number of rotatable bonds is 5. The van der Waals surface area contributed by atoms with Crippen molar-refractivity contribution in [2.75, 3.05) is 6.54 Å². The molecule has 3 rings (SSSR count). The van der Waals surface area contributed by atoms with E-state index in [1.54, 1.807) is 48.5 Å². The largest absolute Gasteiger partial charge is 0.516 e. The zero-order chi connectivity index (χ0) is 14.7. The van der Waals surface area contributed by atoms with Gasteiger partial charge in [-0.1, -0.05) is 36.4 Å². The molecule has 0 aromatic heterocycles. The van der Waals surface area contributed by atoms with Crippen molar-refractivity contribution in [3.05, 3.63) is 60.7 Å². The first-order valence-electron chi connectivity index (χ1n) is 6.47. The van der Waals surface area contributed by atoms with Crippen LogP contribution in [0.1, 0.15) is 0 Å². The summed E-state index contributed by atoms with van der Waals surface area (Å²) < 4.78 is 25.6. The Morgan fingerprint density at radius 3 is 1.86 bits per heavy atom. The van der Waals surface area contributed by atoms with Crippen molar-refractivity contribution < 1.29 is 13.6 Å². The van der Waals surface area contributed by atoms with E-state index >= 15 is 0 Å². The zero-order valence-electron chi connectivity index (χ0n) is 11.1. The van der Waals surface area contributed by atoms with Crippen molar-refractivity contribution in [3.8, 4) is 17.6 Å². The Morgan fingerprint density at radius 2 is 1.48 bits per heavy atom. The van der Waals surface area contributed by atoms with E-state index in [0.29, 0.717) is 18.0 Å². The molecule has 1 aliphatic rings. The molecule has 0 amide bonds. The first kappa shape index (κ1) is 13.7. The quantitative estimate of drug-likeness (QED) is 0.625. The maximum Gasteiger partial charge on any atom is 0.516 e. The van der Waals surface area contributed by atoms with Crippen LogP contribution in [0.25, 0.3) is 0 Å². The molecule has 2 atom stereocenters. The van der Waals surface area contributed by atoms with E-state index in [1.807, 2.05) is 12.1 Å². The van der Waals surface area contributed by atoms with Gasteiger partial charge < -0.3 is 9.05 Å². The van der Waals surface area contributed by atoms with E-state index in [9.17, 15) is 4.57 Å². The molecule has 2 aromatic carbocycles. The van der Waals surface area contributed by atoms with E-state index in [0.717, 1.165) is 0 Å². The van der Waals surface area contributed by atoms with Crippen molar-refractivity contribution in [3.63, 3.8) is 0 Å². The molecule has 1 saturated heterocycles. The van der Waals surface area contributed by atoms with Crippen molar-refractivity contribution in [1.82, 2.24) is 4.67 Å². The van der Waals surface area contributed by atoms with Crippen LogP contribution in [0, 0.1) is 11.3 Å². The maximum atomic E-state index is 13.0. The number of para-hydroxylation sites is 2. The van der Waals surface area contributed by atoms with Crippen LogP contribution in [-0.4, -0.2) is 17.3 Å². The van der Waals surface area contributed by atoms with Gasteiger partial charge in [0.1, 0.15) is 17.5 Å². The van der Waals surface area contributed by atoms with Crippen molar-refractivity contribution in [2.45, 2.75) is 6.04 Å². The van der Waals surface area contributed by atoms with E-state index in [2.05, 4.69) is 6.07 Å². The van der Waals surface area contributed by atoms with Crippen LogP contribution in [0.15, 0.2) is 60.7 Å². The summed E-state index contributed by atoms with van der Waals surface area (Å²) in [6.45, 7) is 0.382. The molecular formula is C15H13N2O3P. The summed E-state index contributed by atoms with van der Waals surface area (Å²) in [7, 11) is -3.59. The summed E-state index contributed by atoms with van der Waals surface area (Å²) in [6.07, 6.45) is 0. The second kappa shape index (κ2) is 5.61. The van der Waals surface area contributed by atoms with Crippen LogP contribution < -0.4 is 9.05 Å². The molecular weight excluding hydrogens is 287 g/mol. The molecule has 0 spiro atoms. The predicted octanol–water partition coefficient (Wildman–Crippen LogP) is 3.46. The molecule has 2 aromatic rings. The van der Waals surface area contributed by atoms with Gasteiger partial charge in [0.2, 0.25) is 0 Å². The summed E-state index contributed by atoms with van der Waals surface area (Å²) in [5.74, 6) is 0.890. The van der Waals surface area contributed by atoms with Gasteiger partial charge in [0.15, 0.2) is 0 Å². The third-order valence-electron chi connectivity index (χ3n) is 2.98. The lowest BCUT2D eigenvalue weighted by Gasteiger charge is -2.20. The Hall–Kier alpha value is -2.28. The fraction of sp³-hybridized carbons (Fsp3) is 0.133. The minimum Gasteiger partial charge on any atom is -0.404 e. The minimum absolute atomic E-state index is 0.382. The summed E-state index contributed by atoms with van der Waals surface area (Å²) in [5.41, 5.74) is 0. The molecule has 106 valence electrons. The van der Waals surface area contributed by atoms with Crippen LogP contribution in [-0.2, 0) is 4.57 Å². The fourth-order valence-electron chi connectivity index (χ4n) is 1.86. The first-order chi connectivity index (χ1) is 10.2. The minimum atomic E-state index is -3.59. The Balaban J connectivity index is 1.85. The van der Waals surface area contributed by atoms with Crippen molar-refractivity contribution in [2.24, 2.45) is 0 Å². The molecule has 2 unspecified atom stereocenters. The predicted molar refractivity (Wildman–Crippen MR) is 77.9 cm³/mol. The Morgan fingerprint density at radius 1 is 1.00 bits per heavy atom. The van der Waals surface area contributed by atoms with Crippen LogP contribution in [0.3, 0.4) is 0 Å². The molecule has 0 radical (unpaired) electrons. The number of benzene rings is 2. The van der Waals surface area contributed by atoms with E-state index < -0.39 is 13.8 Å². The lowest BCUT2D eigenvalue weighted by molar-refractivity contribution is 0.348. The lowest BCUT2D eigenvalue weighted by atomic mass is 10.3. The van der Waals surface area contributed by atoms with Gasteiger partial charge in [-0.25, -0.2) is 4.57 Å². The van der Waals surface area contributed by atoms with Gasteiger partial charge in [0.25, 0.3) is 0 Å². The SMILES string of the molecule is N#CC1CN1P(=O)(Oc1ccccc1)Oc1ccccc1. The van der Waals surface area contributed by atoms with Crippen molar-refractivity contribution in [1.29, 1.82) is 5.26 Å². The highest BCUT2D eigenvalue weighted by Crippen LogP contribution is 2.57. The fourth-order valence-corrected chi connectivity index (χ4v) is 3.63. The Labute approximate surface area is 122 Å². The second-order valence-electron chi connectivity index (χ2n) is 4.54. The summed E-state index contributed by atoms with van der Waals surface area (Å²) in [5, 5.41) is 8.95. The smallest absolute Gasteiger partial charge is 0.404 e. The van der Waals surface area contributed by atoms with E-state index in [4.69, 9.17) is 14.3 Å². The first-order valence-corrected chi connectivity index (χ1v) is 7.97. The van der Waals surface area contributed by atoms with Crippen LogP contribution in [0.4, 0.5) is 0 Å². The monoisotopic (exact) mass is 300 g/mol. The number of nitrogens with zero attached hydrogens (tertiary/aromatic N) is 2. The lowest BCUT2D eigenvalue weighted by Crippen LogP contribution is -2.10. The number of hydrogen-bond acceptors (Lipinski definition) is 4. The molecule has 1 fully saturated rings. The van der Waals surface area contributed by atoms with E-state index in [-0.39, 0.29) is 0 Å². The molecule has 21 heavy (non-hydrogen) atoms. The van der Waals surface area contributed by atoms with Gasteiger partial charge >= 0.3 is 7.75 Å². The average molecular weight is 300 g/mol. The molecule has 0 aliphatic carbocycles. The zero-order valence-corrected chi connectivity index (χ0v) is 12.0. The highest BCUT2D eigenvalue weighted by Gasteiger charge is 2.53.